The molecule has 0 heteroatoms. The fourth-order valence-electron chi connectivity index (χ4n) is 8.54. The SMILES string of the molecule is CCCCCc1ccc(/C=C/c2cc3ccc4ccc5c(/C=C/c6ccc(CCCCC)cc6)cc6ccc7ccc2c2c7c6c5c4c32)cc1. The zero-order valence-electron chi connectivity index (χ0n) is 29.4. The number of hydrogen-bond donors (Lipinski definition) is 0. The molecule has 0 saturated heterocycles. The molecule has 0 aliphatic rings. The third-order valence-corrected chi connectivity index (χ3v) is 11.2. The van der Waals surface area contributed by atoms with Gasteiger partial charge in [0.05, 0.1) is 0 Å². The summed E-state index contributed by atoms with van der Waals surface area (Å²) in [4.78, 5) is 0. The molecule has 244 valence electrons. The summed E-state index contributed by atoms with van der Waals surface area (Å²) in [5.41, 5.74) is 7.94. The molecule has 9 aromatic rings. The van der Waals surface area contributed by atoms with Gasteiger partial charge in [-0.15, -0.1) is 0 Å². The fourth-order valence-corrected chi connectivity index (χ4v) is 8.54. The molecule has 0 saturated carbocycles. The van der Waals surface area contributed by atoms with Crippen LogP contribution in [0.4, 0.5) is 0 Å². The Labute approximate surface area is 295 Å². The number of benzene rings is 9. The van der Waals surface area contributed by atoms with Gasteiger partial charge in [-0.3, -0.25) is 0 Å². The van der Waals surface area contributed by atoms with E-state index in [1.165, 1.54) is 149 Å². The first-order valence-electron chi connectivity index (χ1n) is 18.9. The highest BCUT2D eigenvalue weighted by Crippen LogP contribution is 2.50. The fraction of sp³-hybridized carbons (Fsp3) is 0.200. The van der Waals surface area contributed by atoms with Crippen LogP contribution in [0.25, 0.3) is 88.9 Å². The Morgan fingerprint density at radius 3 is 1.16 bits per heavy atom. The molecule has 0 radical (unpaired) electrons. The lowest BCUT2D eigenvalue weighted by molar-refractivity contribution is 0.717. The van der Waals surface area contributed by atoms with E-state index in [9.17, 15) is 0 Å². The molecule has 0 fully saturated rings. The maximum absolute atomic E-state index is 2.41. The molecule has 9 aromatic carbocycles. The minimum Gasteiger partial charge on any atom is -0.0654 e. The predicted octanol–water partition coefficient (Wildman–Crippen LogP) is 14.7. The molecule has 0 nitrogen and oxygen atoms in total. The lowest BCUT2D eigenvalue weighted by Gasteiger charge is -2.22. The Morgan fingerprint density at radius 1 is 0.360 bits per heavy atom. The van der Waals surface area contributed by atoms with E-state index in [0.29, 0.717) is 0 Å². The Kier molecular flexibility index (Phi) is 7.97. The van der Waals surface area contributed by atoms with Crippen LogP contribution >= 0.6 is 0 Å². The second kappa shape index (κ2) is 12.9. The highest BCUT2D eigenvalue weighted by molar-refractivity contribution is 6.45. The van der Waals surface area contributed by atoms with Crippen LogP contribution in [0.3, 0.4) is 0 Å². The average Bonchev–Trinajstić information content (AvgIpc) is 3.16. The van der Waals surface area contributed by atoms with Gasteiger partial charge in [-0.2, -0.15) is 0 Å². The van der Waals surface area contributed by atoms with Crippen LogP contribution < -0.4 is 0 Å². The first-order chi connectivity index (χ1) is 24.7. The zero-order chi connectivity index (χ0) is 33.6. The zero-order valence-corrected chi connectivity index (χ0v) is 29.4. The van der Waals surface area contributed by atoms with Gasteiger partial charge in [0, 0.05) is 0 Å². The topological polar surface area (TPSA) is 0 Å². The Morgan fingerprint density at radius 2 is 0.740 bits per heavy atom. The quantitative estimate of drug-likeness (QED) is 0.0537. The van der Waals surface area contributed by atoms with E-state index < -0.39 is 0 Å². The first kappa shape index (κ1) is 30.8. The van der Waals surface area contributed by atoms with Gasteiger partial charge in [0.15, 0.2) is 0 Å². The highest BCUT2D eigenvalue weighted by Gasteiger charge is 2.22. The summed E-state index contributed by atoms with van der Waals surface area (Å²) in [5.74, 6) is 0. The van der Waals surface area contributed by atoms with Crippen molar-refractivity contribution in [2.24, 2.45) is 0 Å². The molecule has 0 heterocycles. The van der Waals surface area contributed by atoms with Crippen molar-refractivity contribution in [3.8, 4) is 0 Å². The Bertz CT molecular complexity index is 2420. The van der Waals surface area contributed by atoms with Gasteiger partial charge in [0.25, 0.3) is 0 Å². The van der Waals surface area contributed by atoms with Gasteiger partial charge in [-0.25, -0.2) is 0 Å². The van der Waals surface area contributed by atoms with Crippen molar-refractivity contribution < 1.29 is 0 Å². The summed E-state index contributed by atoms with van der Waals surface area (Å²) in [7, 11) is 0. The van der Waals surface area contributed by atoms with Crippen molar-refractivity contribution in [1.29, 1.82) is 0 Å². The van der Waals surface area contributed by atoms with Crippen LogP contribution in [0, 0.1) is 0 Å². The van der Waals surface area contributed by atoms with E-state index in [1.54, 1.807) is 0 Å². The summed E-state index contributed by atoms with van der Waals surface area (Å²) >= 11 is 0. The van der Waals surface area contributed by atoms with E-state index in [0.717, 1.165) is 0 Å². The van der Waals surface area contributed by atoms with Gasteiger partial charge in [-0.05, 0) is 136 Å². The minimum atomic E-state index is 1.17. The first-order valence-corrected chi connectivity index (χ1v) is 18.9. The van der Waals surface area contributed by atoms with E-state index in [-0.39, 0.29) is 0 Å². The Balaban J connectivity index is 1.17. The van der Waals surface area contributed by atoms with E-state index in [4.69, 9.17) is 0 Å². The summed E-state index contributed by atoms with van der Waals surface area (Å²) in [6, 6.07) is 41.9. The summed E-state index contributed by atoms with van der Waals surface area (Å²) in [6.45, 7) is 4.54. The third kappa shape index (κ3) is 5.30. The third-order valence-electron chi connectivity index (χ3n) is 11.2. The lowest BCUT2D eigenvalue weighted by atomic mass is 9.80. The van der Waals surface area contributed by atoms with E-state index >= 15 is 0 Å². The molecule has 0 amide bonds. The number of aryl methyl sites for hydroxylation is 2. The van der Waals surface area contributed by atoms with Crippen LogP contribution in [0.2, 0.25) is 0 Å². The number of hydrogen-bond acceptors (Lipinski definition) is 0. The molecular formula is C50H44. The predicted molar refractivity (Wildman–Crippen MR) is 222 cm³/mol. The summed E-state index contributed by atoms with van der Waals surface area (Å²) in [6.07, 6.45) is 19.3. The smallest absolute Gasteiger partial charge is 0.000785 e. The highest BCUT2D eigenvalue weighted by atomic mass is 14.2. The lowest BCUT2D eigenvalue weighted by Crippen LogP contribution is -1.95. The largest absolute Gasteiger partial charge is 0.0654 e. The van der Waals surface area contributed by atoms with Crippen LogP contribution in [0.1, 0.15) is 85.8 Å². The standard InChI is InChI=1S/C50H44/c1-3-5-7-9-33-11-15-35(16-12-33)19-21-39-31-41-25-23-38-28-30-44-40(22-20-36-17-13-34(14-18-36)10-8-6-4-2)32-42-26-24-37-27-29-43(39)49-45(37)48(42)50(44)46(38)47(41)49/h11-32H,3-10H2,1-2H3/b21-19+,22-20+. The molecule has 50 heavy (non-hydrogen) atoms. The molecule has 0 atom stereocenters. The van der Waals surface area contributed by atoms with Crippen molar-refractivity contribution in [2.75, 3.05) is 0 Å². The van der Waals surface area contributed by atoms with Crippen LogP contribution in [-0.2, 0) is 12.8 Å². The molecule has 9 rings (SSSR count). The molecule has 0 bridgehead atoms. The van der Waals surface area contributed by atoms with Gasteiger partial charge >= 0.3 is 0 Å². The summed E-state index contributed by atoms with van der Waals surface area (Å²) in [5, 5.41) is 16.4. The van der Waals surface area contributed by atoms with Crippen molar-refractivity contribution in [3.63, 3.8) is 0 Å². The molecule has 0 unspecified atom stereocenters. The molecule has 0 aromatic heterocycles. The van der Waals surface area contributed by atoms with Gasteiger partial charge in [-0.1, -0.05) is 161 Å². The maximum atomic E-state index is 2.41. The van der Waals surface area contributed by atoms with Crippen molar-refractivity contribution >= 4 is 88.9 Å². The molecule has 0 N–H and O–H groups in total. The summed E-state index contributed by atoms with van der Waals surface area (Å²) < 4.78 is 0. The molecule has 0 aliphatic carbocycles. The molecular weight excluding hydrogens is 601 g/mol. The van der Waals surface area contributed by atoms with Crippen molar-refractivity contribution in [2.45, 2.75) is 65.2 Å². The monoisotopic (exact) mass is 644 g/mol. The second-order valence-electron chi connectivity index (χ2n) is 14.5. The average molecular weight is 645 g/mol. The van der Waals surface area contributed by atoms with E-state index in [1.807, 2.05) is 0 Å². The van der Waals surface area contributed by atoms with Gasteiger partial charge in [0.2, 0.25) is 0 Å². The van der Waals surface area contributed by atoms with Gasteiger partial charge in [0.1, 0.15) is 0 Å². The molecule has 0 spiro atoms. The second-order valence-corrected chi connectivity index (χ2v) is 14.5. The number of unbranched alkanes of at least 4 members (excludes halogenated alkanes) is 4. The maximum Gasteiger partial charge on any atom is -0.000785 e. The number of rotatable bonds is 12. The van der Waals surface area contributed by atoms with Crippen LogP contribution in [-0.4, -0.2) is 0 Å². The van der Waals surface area contributed by atoms with Crippen LogP contribution in [0.5, 0.6) is 0 Å². The molecule has 0 aliphatic heterocycles. The minimum absolute atomic E-state index is 1.17. The van der Waals surface area contributed by atoms with E-state index in [2.05, 4.69) is 147 Å². The van der Waals surface area contributed by atoms with Crippen molar-refractivity contribution in [1.82, 2.24) is 0 Å². The van der Waals surface area contributed by atoms with Crippen molar-refractivity contribution in [3.05, 3.63) is 143 Å². The van der Waals surface area contributed by atoms with Gasteiger partial charge < -0.3 is 0 Å². The van der Waals surface area contributed by atoms with Crippen LogP contribution in [0.15, 0.2) is 109 Å². The Hall–Kier alpha value is -5.20. The normalized spacial score (nSPS) is 12.7.